The van der Waals surface area contributed by atoms with E-state index in [2.05, 4.69) is 10.3 Å². The molecule has 2 aromatic heterocycles. The zero-order valence-electron chi connectivity index (χ0n) is 17.5. The summed E-state index contributed by atoms with van der Waals surface area (Å²) in [4.78, 5) is 39.5. The number of hydrogen-bond acceptors (Lipinski definition) is 8. The maximum absolute atomic E-state index is 14.9. The number of nitrogens with two attached hydrogens (primary N) is 1. The Morgan fingerprint density at radius 2 is 1.78 bits per heavy atom. The first-order valence-corrected chi connectivity index (χ1v) is 13.7. The van der Waals surface area contributed by atoms with Gasteiger partial charge in [-0.3, -0.25) is 4.79 Å². The molecule has 0 aliphatic heterocycles. The van der Waals surface area contributed by atoms with Gasteiger partial charge in [-0.25, -0.2) is 45.2 Å². The van der Waals surface area contributed by atoms with Gasteiger partial charge in [0.15, 0.2) is 0 Å². The van der Waals surface area contributed by atoms with E-state index in [1.807, 2.05) is 0 Å². The maximum atomic E-state index is 14.9. The molecule has 0 saturated heterocycles. The van der Waals surface area contributed by atoms with E-state index in [4.69, 9.17) is 16.7 Å². The van der Waals surface area contributed by atoms with E-state index in [1.54, 1.807) is 4.72 Å². The minimum atomic E-state index is -4.23. The molecule has 0 aliphatic rings. The van der Waals surface area contributed by atoms with Crippen molar-refractivity contribution in [1.82, 2.24) is 14.3 Å². The molecule has 17 heteroatoms. The number of carbonyl (C=O) groups is 1. The number of urea groups is 1. The zero-order valence-corrected chi connectivity index (χ0v) is 20.7. The molecule has 0 unspecified atom stereocenters. The van der Waals surface area contributed by atoms with Crippen LogP contribution in [-0.4, -0.2) is 32.4 Å². The number of amides is 2. The average Bonchev–Trinajstić information content (AvgIpc) is 3.21. The summed E-state index contributed by atoms with van der Waals surface area (Å²) in [5.74, 6) is -1.13. The molecule has 0 atom stereocenters. The minimum Gasteiger partial charge on any atom is -0.307 e. The van der Waals surface area contributed by atoms with Crippen LogP contribution in [0.4, 0.5) is 14.9 Å². The molecule has 5 N–H and O–H groups in total. The number of hydrogen-bond donors (Lipinski definition) is 4. The second kappa shape index (κ2) is 9.14. The second-order valence-corrected chi connectivity index (χ2v) is 12.3. The lowest BCUT2D eigenvalue weighted by molar-refractivity contribution is 0.256. The van der Waals surface area contributed by atoms with Crippen molar-refractivity contribution in [2.45, 2.75) is 9.10 Å². The predicted octanol–water partition coefficient (Wildman–Crippen LogP) is 1.69. The molecule has 2 amide bonds. The standard InChI is InChI=1S/C19H13ClFN5O7S3/c20-15-5-6-16(34-15)36(32,33)25-18(28)23-9-1-4-14(12(21)7-9)26-17(27)11-8-10(35(22,30)31)2-3-13(11)24-19(26)29/h1-8H,(H,24,29)(H2,22,30,31)(H2,23,25,28). The summed E-state index contributed by atoms with van der Waals surface area (Å²) in [6, 6.07) is 7.38. The first-order valence-electron chi connectivity index (χ1n) is 9.47. The number of aromatic amines is 1. The number of nitrogens with one attached hydrogen (secondary N) is 3. The third kappa shape index (κ3) is 5.02. The van der Waals surface area contributed by atoms with Crippen molar-refractivity contribution in [2.24, 2.45) is 5.14 Å². The van der Waals surface area contributed by atoms with Gasteiger partial charge in [0.1, 0.15) is 10.0 Å². The van der Waals surface area contributed by atoms with Crippen molar-refractivity contribution < 1.29 is 26.0 Å². The molecule has 0 bridgehead atoms. The number of H-pyrrole nitrogens is 1. The quantitative estimate of drug-likeness (QED) is 0.279. The Kier molecular flexibility index (Phi) is 6.48. The van der Waals surface area contributed by atoms with Crippen molar-refractivity contribution in [2.75, 3.05) is 5.32 Å². The van der Waals surface area contributed by atoms with E-state index in [9.17, 15) is 35.6 Å². The van der Waals surface area contributed by atoms with Crippen LogP contribution in [0.5, 0.6) is 0 Å². The minimum absolute atomic E-state index is 0.00254. The lowest BCUT2D eigenvalue weighted by Gasteiger charge is -2.11. The van der Waals surface area contributed by atoms with Crippen molar-refractivity contribution >= 4 is 65.6 Å². The van der Waals surface area contributed by atoms with E-state index >= 15 is 0 Å². The Morgan fingerprint density at radius 1 is 1.06 bits per heavy atom. The molecule has 12 nitrogen and oxygen atoms in total. The van der Waals surface area contributed by atoms with E-state index < -0.39 is 53.7 Å². The van der Waals surface area contributed by atoms with Crippen LogP contribution in [0.1, 0.15) is 0 Å². The van der Waals surface area contributed by atoms with Crippen LogP contribution in [0.15, 0.2) is 67.2 Å². The zero-order chi connectivity index (χ0) is 26.4. The number of fused-ring (bicyclic) bond motifs is 1. The Balaban J connectivity index is 1.66. The molecule has 4 rings (SSSR count). The molecule has 0 aliphatic carbocycles. The highest BCUT2D eigenvalue weighted by atomic mass is 35.5. The van der Waals surface area contributed by atoms with E-state index in [0.29, 0.717) is 4.57 Å². The number of rotatable bonds is 5. The van der Waals surface area contributed by atoms with Crippen LogP contribution >= 0.6 is 22.9 Å². The van der Waals surface area contributed by atoms with Crippen LogP contribution in [0.3, 0.4) is 0 Å². The summed E-state index contributed by atoms with van der Waals surface area (Å²) in [6.45, 7) is 0. The maximum Gasteiger partial charge on any atom is 0.333 e. The number of thiophene rings is 1. The summed E-state index contributed by atoms with van der Waals surface area (Å²) in [7, 11) is -8.39. The number of nitrogens with zero attached hydrogens (tertiary/aromatic N) is 1. The molecule has 0 saturated carbocycles. The summed E-state index contributed by atoms with van der Waals surface area (Å²) >= 11 is 6.42. The number of carbonyl (C=O) groups excluding carboxylic acids is 1. The van der Waals surface area contributed by atoms with Gasteiger partial charge < -0.3 is 10.3 Å². The lowest BCUT2D eigenvalue weighted by Crippen LogP contribution is -2.35. The summed E-state index contributed by atoms with van der Waals surface area (Å²) in [5, 5.41) is 6.96. The van der Waals surface area contributed by atoms with Gasteiger partial charge in [0.05, 0.1) is 25.8 Å². The summed E-state index contributed by atoms with van der Waals surface area (Å²) in [6.07, 6.45) is 0. The lowest BCUT2D eigenvalue weighted by atomic mass is 10.2. The number of primary sulfonamides is 1. The average molecular weight is 574 g/mol. The fraction of sp³-hybridized carbons (Fsp3) is 0. The van der Waals surface area contributed by atoms with Gasteiger partial charge in [0, 0.05) is 5.69 Å². The first kappa shape index (κ1) is 25.5. The van der Waals surface area contributed by atoms with Gasteiger partial charge in [0.2, 0.25) is 10.0 Å². The van der Waals surface area contributed by atoms with Gasteiger partial charge in [-0.15, -0.1) is 11.3 Å². The van der Waals surface area contributed by atoms with Gasteiger partial charge in [-0.05, 0) is 48.5 Å². The smallest absolute Gasteiger partial charge is 0.307 e. The van der Waals surface area contributed by atoms with Crippen LogP contribution in [0, 0.1) is 5.82 Å². The highest BCUT2D eigenvalue weighted by Crippen LogP contribution is 2.25. The predicted molar refractivity (Wildman–Crippen MR) is 130 cm³/mol. The molecule has 36 heavy (non-hydrogen) atoms. The highest BCUT2D eigenvalue weighted by molar-refractivity contribution is 7.92. The Bertz CT molecular complexity index is 1880. The molecule has 2 heterocycles. The van der Waals surface area contributed by atoms with Crippen LogP contribution in [0.25, 0.3) is 16.6 Å². The van der Waals surface area contributed by atoms with Crippen molar-refractivity contribution in [1.29, 1.82) is 0 Å². The number of anilines is 1. The highest BCUT2D eigenvalue weighted by Gasteiger charge is 2.21. The molecule has 2 aromatic carbocycles. The first-order chi connectivity index (χ1) is 16.8. The van der Waals surface area contributed by atoms with E-state index in [1.165, 1.54) is 18.2 Å². The molecule has 0 fully saturated rings. The molecular formula is C19H13ClFN5O7S3. The number of sulfonamides is 2. The second-order valence-electron chi connectivity index (χ2n) is 7.11. The number of benzene rings is 2. The van der Waals surface area contributed by atoms with Crippen molar-refractivity contribution in [3.63, 3.8) is 0 Å². The third-order valence-electron chi connectivity index (χ3n) is 4.68. The molecule has 0 spiro atoms. The molecular weight excluding hydrogens is 561 g/mol. The Hall–Kier alpha value is -3.57. The van der Waals surface area contributed by atoms with Crippen LogP contribution < -0.4 is 26.4 Å². The van der Waals surface area contributed by atoms with Crippen LogP contribution in [-0.2, 0) is 20.0 Å². The van der Waals surface area contributed by atoms with Gasteiger partial charge in [-0.2, -0.15) is 0 Å². The number of halogens is 2. The SMILES string of the molecule is NS(=O)(=O)c1ccc2[nH]c(=O)n(-c3ccc(NC(=O)NS(=O)(=O)c4ccc(Cl)s4)cc3F)c(=O)c2c1. The Morgan fingerprint density at radius 3 is 2.39 bits per heavy atom. The van der Waals surface area contributed by atoms with Crippen molar-refractivity contribution in [3.8, 4) is 5.69 Å². The molecule has 188 valence electrons. The van der Waals surface area contributed by atoms with Crippen molar-refractivity contribution in [3.05, 3.63) is 79.5 Å². The van der Waals surface area contributed by atoms with Gasteiger partial charge in [0.25, 0.3) is 15.6 Å². The van der Waals surface area contributed by atoms with Gasteiger partial charge in [-0.1, -0.05) is 11.6 Å². The normalized spacial score (nSPS) is 12.0. The van der Waals surface area contributed by atoms with E-state index in [-0.39, 0.29) is 25.1 Å². The largest absolute Gasteiger partial charge is 0.333 e. The van der Waals surface area contributed by atoms with E-state index in [0.717, 1.165) is 41.7 Å². The third-order valence-corrected chi connectivity index (χ3v) is 8.65. The molecule has 4 aromatic rings. The Labute approximate surface area is 210 Å². The monoisotopic (exact) mass is 573 g/mol. The fourth-order valence-corrected chi connectivity index (χ4v) is 6.06. The van der Waals surface area contributed by atoms with Gasteiger partial charge >= 0.3 is 11.7 Å². The topological polar surface area (TPSA) is 190 Å². The fourth-order valence-electron chi connectivity index (χ4n) is 3.13. The number of aromatic nitrogens is 2. The molecule has 0 radical (unpaired) electrons. The summed E-state index contributed by atoms with van der Waals surface area (Å²) in [5.41, 5.74) is -2.77. The summed E-state index contributed by atoms with van der Waals surface area (Å²) < 4.78 is 64.7. The van der Waals surface area contributed by atoms with Crippen LogP contribution in [0.2, 0.25) is 4.34 Å².